The highest BCUT2D eigenvalue weighted by Gasteiger charge is 2.03. The number of rotatable bonds is 5. The smallest absolute Gasteiger partial charge is 0.306 e. The van der Waals surface area contributed by atoms with Crippen molar-refractivity contribution in [1.29, 1.82) is 0 Å². The average molecular weight is 210 g/mol. The molecule has 0 radical (unpaired) electrons. The Morgan fingerprint density at radius 2 is 2.07 bits per heavy atom. The first-order valence-electron chi connectivity index (χ1n) is 4.76. The Bertz CT molecular complexity index is 322. The maximum absolute atomic E-state index is 10.2. The van der Waals surface area contributed by atoms with E-state index in [0.29, 0.717) is 5.75 Å². The molecule has 0 saturated carbocycles. The van der Waals surface area contributed by atoms with Crippen LogP contribution in [0.15, 0.2) is 12.4 Å². The van der Waals surface area contributed by atoms with Crippen molar-refractivity contribution in [2.24, 2.45) is 0 Å². The standard InChI is InChI=1S/C10H14N2O3/c1-7(2)10-11-5-8(6-12-10)15-4-3-9(13)14/h5-7H,3-4H2,1-2H3,(H,13,14). The van der Waals surface area contributed by atoms with Crippen molar-refractivity contribution in [3.8, 4) is 5.75 Å². The molecule has 0 saturated heterocycles. The maximum atomic E-state index is 10.2. The van der Waals surface area contributed by atoms with Crippen LogP contribution in [0.25, 0.3) is 0 Å². The molecule has 0 aliphatic rings. The summed E-state index contributed by atoms with van der Waals surface area (Å²) in [6.45, 7) is 4.14. The monoisotopic (exact) mass is 210 g/mol. The fraction of sp³-hybridized carbons (Fsp3) is 0.500. The second-order valence-electron chi connectivity index (χ2n) is 3.42. The summed E-state index contributed by atoms with van der Waals surface area (Å²) in [5, 5.41) is 8.40. The molecule has 5 heteroatoms. The predicted octanol–water partition coefficient (Wildman–Crippen LogP) is 1.45. The van der Waals surface area contributed by atoms with Gasteiger partial charge in [0.15, 0.2) is 5.75 Å². The molecule has 0 spiro atoms. The molecule has 1 aromatic heterocycles. The lowest BCUT2D eigenvalue weighted by atomic mass is 10.2. The average Bonchev–Trinajstić information content (AvgIpc) is 2.18. The zero-order valence-corrected chi connectivity index (χ0v) is 8.80. The summed E-state index contributed by atoms with van der Waals surface area (Å²) in [6, 6.07) is 0. The number of aromatic nitrogens is 2. The van der Waals surface area contributed by atoms with Gasteiger partial charge in [-0.1, -0.05) is 13.8 Å². The van der Waals surface area contributed by atoms with Crippen LogP contribution in [0.3, 0.4) is 0 Å². The Kier molecular flexibility index (Phi) is 4.03. The molecule has 82 valence electrons. The van der Waals surface area contributed by atoms with Crippen LogP contribution < -0.4 is 4.74 Å². The predicted molar refractivity (Wildman–Crippen MR) is 53.9 cm³/mol. The molecule has 0 fully saturated rings. The van der Waals surface area contributed by atoms with Crippen LogP contribution in [0.2, 0.25) is 0 Å². The van der Waals surface area contributed by atoms with Gasteiger partial charge in [-0.05, 0) is 0 Å². The highest BCUT2D eigenvalue weighted by molar-refractivity contribution is 5.66. The molecular weight excluding hydrogens is 196 g/mol. The Morgan fingerprint density at radius 1 is 1.47 bits per heavy atom. The summed E-state index contributed by atoms with van der Waals surface area (Å²) in [5.41, 5.74) is 0. The molecule has 1 N–H and O–H groups in total. The van der Waals surface area contributed by atoms with E-state index in [2.05, 4.69) is 9.97 Å². The van der Waals surface area contributed by atoms with E-state index < -0.39 is 5.97 Å². The van der Waals surface area contributed by atoms with Gasteiger partial charge in [0.05, 0.1) is 25.4 Å². The SMILES string of the molecule is CC(C)c1ncc(OCCC(=O)O)cn1. The summed E-state index contributed by atoms with van der Waals surface area (Å²) < 4.78 is 5.15. The number of hydrogen-bond acceptors (Lipinski definition) is 4. The van der Waals surface area contributed by atoms with E-state index >= 15 is 0 Å². The lowest BCUT2D eigenvalue weighted by Gasteiger charge is -2.05. The zero-order chi connectivity index (χ0) is 11.3. The van der Waals surface area contributed by atoms with Crippen molar-refractivity contribution in [3.63, 3.8) is 0 Å². The van der Waals surface area contributed by atoms with Crippen LogP contribution in [-0.4, -0.2) is 27.7 Å². The van der Waals surface area contributed by atoms with Crippen molar-refractivity contribution in [2.75, 3.05) is 6.61 Å². The number of nitrogens with zero attached hydrogens (tertiary/aromatic N) is 2. The van der Waals surface area contributed by atoms with Gasteiger partial charge in [0.2, 0.25) is 0 Å². The second-order valence-corrected chi connectivity index (χ2v) is 3.42. The molecule has 0 aliphatic carbocycles. The Hall–Kier alpha value is -1.65. The first-order valence-corrected chi connectivity index (χ1v) is 4.76. The minimum atomic E-state index is -0.880. The van der Waals surface area contributed by atoms with Crippen molar-refractivity contribution < 1.29 is 14.6 Å². The molecule has 1 rings (SSSR count). The lowest BCUT2D eigenvalue weighted by Crippen LogP contribution is -2.06. The fourth-order valence-corrected chi connectivity index (χ4v) is 0.955. The third kappa shape index (κ3) is 3.93. The summed E-state index contributed by atoms with van der Waals surface area (Å²) in [7, 11) is 0. The lowest BCUT2D eigenvalue weighted by molar-refractivity contribution is -0.137. The van der Waals surface area contributed by atoms with Gasteiger partial charge in [-0.3, -0.25) is 4.79 Å². The zero-order valence-electron chi connectivity index (χ0n) is 8.80. The quantitative estimate of drug-likeness (QED) is 0.796. The molecule has 1 aromatic rings. The largest absolute Gasteiger partial charge is 0.490 e. The number of carboxylic acids is 1. The van der Waals surface area contributed by atoms with Gasteiger partial charge < -0.3 is 9.84 Å². The number of ether oxygens (including phenoxy) is 1. The molecular formula is C10H14N2O3. The normalized spacial score (nSPS) is 10.3. The van der Waals surface area contributed by atoms with E-state index in [9.17, 15) is 4.79 Å². The van der Waals surface area contributed by atoms with E-state index in [1.54, 1.807) is 12.4 Å². The second kappa shape index (κ2) is 5.29. The van der Waals surface area contributed by atoms with Crippen LogP contribution in [0.1, 0.15) is 32.0 Å². The minimum Gasteiger partial charge on any atom is -0.490 e. The van der Waals surface area contributed by atoms with Crippen molar-refractivity contribution in [2.45, 2.75) is 26.2 Å². The highest BCUT2D eigenvalue weighted by atomic mass is 16.5. The Morgan fingerprint density at radius 3 is 2.53 bits per heavy atom. The Labute approximate surface area is 88.1 Å². The summed E-state index contributed by atoms with van der Waals surface area (Å²) >= 11 is 0. The molecule has 5 nitrogen and oxygen atoms in total. The summed E-state index contributed by atoms with van der Waals surface area (Å²) in [5.74, 6) is 0.647. The molecule has 15 heavy (non-hydrogen) atoms. The molecule has 0 bridgehead atoms. The number of hydrogen-bond donors (Lipinski definition) is 1. The molecule has 0 atom stereocenters. The van der Waals surface area contributed by atoms with E-state index in [1.807, 2.05) is 13.8 Å². The highest BCUT2D eigenvalue weighted by Crippen LogP contribution is 2.11. The van der Waals surface area contributed by atoms with Crippen molar-refractivity contribution >= 4 is 5.97 Å². The van der Waals surface area contributed by atoms with Gasteiger partial charge in [0.25, 0.3) is 0 Å². The van der Waals surface area contributed by atoms with Crippen LogP contribution in [0.5, 0.6) is 5.75 Å². The molecule has 0 aliphatic heterocycles. The minimum absolute atomic E-state index is 0.0219. The number of carboxylic acid groups (broad SMARTS) is 1. The first kappa shape index (κ1) is 11.4. The fourth-order valence-electron chi connectivity index (χ4n) is 0.955. The third-order valence-corrected chi connectivity index (χ3v) is 1.75. The van der Waals surface area contributed by atoms with Crippen molar-refractivity contribution in [1.82, 2.24) is 9.97 Å². The first-order chi connectivity index (χ1) is 7.09. The summed E-state index contributed by atoms with van der Waals surface area (Å²) in [6.07, 6.45) is 3.10. The Balaban J connectivity index is 2.46. The van der Waals surface area contributed by atoms with Gasteiger partial charge in [0.1, 0.15) is 5.82 Å². The molecule has 1 heterocycles. The van der Waals surface area contributed by atoms with E-state index in [-0.39, 0.29) is 18.9 Å². The van der Waals surface area contributed by atoms with Gasteiger partial charge in [0, 0.05) is 5.92 Å². The molecule has 0 amide bonds. The van der Waals surface area contributed by atoms with E-state index in [4.69, 9.17) is 9.84 Å². The van der Waals surface area contributed by atoms with Crippen LogP contribution in [0, 0.1) is 0 Å². The van der Waals surface area contributed by atoms with E-state index in [0.717, 1.165) is 5.82 Å². The van der Waals surface area contributed by atoms with Gasteiger partial charge in [-0.15, -0.1) is 0 Å². The van der Waals surface area contributed by atoms with Crippen molar-refractivity contribution in [3.05, 3.63) is 18.2 Å². The van der Waals surface area contributed by atoms with Crippen LogP contribution >= 0.6 is 0 Å². The summed E-state index contributed by atoms with van der Waals surface area (Å²) in [4.78, 5) is 18.4. The topological polar surface area (TPSA) is 72.3 Å². The van der Waals surface area contributed by atoms with Gasteiger partial charge in [-0.25, -0.2) is 9.97 Å². The van der Waals surface area contributed by atoms with Gasteiger partial charge in [-0.2, -0.15) is 0 Å². The van der Waals surface area contributed by atoms with Crippen LogP contribution in [0.4, 0.5) is 0 Å². The van der Waals surface area contributed by atoms with Crippen LogP contribution in [-0.2, 0) is 4.79 Å². The maximum Gasteiger partial charge on any atom is 0.306 e. The van der Waals surface area contributed by atoms with Gasteiger partial charge >= 0.3 is 5.97 Å². The number of aliphatic carboxylic acids is 1. The molecule has 0 aromatic carbocycles. The van der Waals surface area contributed by atoms with E-state index in [1.165, 1.54) is 0 Å². The molecule has 0 unspecified atom stereocenters. The third-order valence-electron chi connectivity index (χ3n) is 1.75. The number of carbonyl (C=O) groups is 1.